The Bertz CT molecular complexity index is 582. The molecule has 4 atom stereocenters. The predicted molar refractivity (Wildman–Crippen MR) is 60.5 cm³/mol. The molecule has 1 aliphatic heterocycles. The molecular weight excluding hydrogens is 256 g/mol. The lowest BCUT2D eigenvalue weighted by Crippen LogP contribution is -2.49. The van der Waals surface area contributed by atoms with Crippen molar-refractivity contribution in [1.82, 2.24) is 9.55 Å². The lowest BCUT2D eigenvalue weighted by molar-refractivity contribution is -0.109. The minimum atomic E-state index is -2.15. The van der Waals surface area contributed by atoms with Gasteiger partial charge in [0.2, 0.25) is 0 Å². The maximum absolute atomic E-state index is 11.7. The normalized spacial score (nSPS) is 34.1. The maximum Gasteiger partial charge on any atom is 0.352 e. The summed E-state index contributed by atoms with van der Waals surface area (Å²) < 4.78 is 5.88. The monoisotopic (exact) mass is 268 g/mol. The van der Waals surface area contributed by atoms with Crippen molar-refractivity contribution in [2.75, 3.05) is 12.3 Å². The molecule has 0 bridgehead atoms. The second kappa shape index (κ2) is 4.60. The van der Waals surface area contributed by atoms with Crippen LogP contribution >= 0.6 is 0 Å². The third-order valence-electron chi connectivity index (χ3n) is 2.96. The SMILES string of the molecule is N#C[C@@]1(n2ccc(N)nc2=O)OC(CO)C(O)C1O. The molecule has 9 heteroatoms. The molecule has 2 rings (SSSR count). The van der Waals surface area contributed by atoms with Crippen LogP contribution in [0, 0.1) is 11.3 Å². The van der Waals surface area contributed by atoms with E-state index in [1.165, 1.54) is 6.07 Å². The van der Waals surface area contributed by atoms with Crippen LogP contribution in [0.3, 0.4) is 0 Å². The number of nitrogen functional groups attached to an aromatic ring is 1. The molecule has 1 aromatic heterocycles. The Morgan fingerprint density at radius 1 is 1.63 bits per heavy atom. The van der Waals surface area contributed by atoms with Crippen molar-refractivity contribution in [2.24, 2.45) is 0 Å². The molecule has 0 radical (unpaired) electrons. The quantitative estimate of drug-likeness (QED) is 0.445. The molecular formula is C10H12N4O5. The Kier molecular flexibility index (Phi) is 3.25. The highest BCUT2D eigenvalue weighted by atomic mass is 16.6. The van der Waals surface area contributed by atoms with Gasteiger partial charge in [-0.1, -0.05) is 0 Å². The second-order valence-corrected chi connectivity index (χ2v) is 4.09. The predicted octanol–water partition coefficient (Wildman–Crippen LogP) is -2.89. The van der Waals surface area contributed by atoms with Gasteiger partial charge in [-0.05, 0) is 6.07 Å². The Hall–Kier alpha value is -1.99. The minimum Gasteiger partial charge on any atom is -0.394 e. The van der Waals surface area contributed by atoms with Gasteiger partial charge in [0.1, 0.15) is 30.2 Å². The number of nitrogens with zero attached hydrogens (tertiary/aromatic N) is 3. The lowest BCUT2D eigenvalue weighted by atomic mass is 10.0. The van der Waals surface area contributed by atoms with E-state index in [0.29, 0.717) is 0 Å². The van der Waals surface area contributed by atoms with E-state index in [0.717, 1.165) is 10.8 Å². The molecule has 2 heterocycles. The zero-order chi connectivity index (χ0) is 14.2. The summed E-state index contributed by atoms with van der Waals surface area (Å²) in [5, 5.41) is 37.8. The van der Waals surface area contributed by atoms with Gasteiger partial charge < -0.3 is 25.8 Å². The average molecular weight is 268 g/mol. The Morgan fingerprint density at radius 3 is 2.79 bits per heavy atom. The zero-order valence-electron chi connectivity index (χ0n) is 9.67. The molecule has 5 N–H and O–H groups in total. The fraction of sp³-hybridized carbons (Fsp3) is 0.500. The van der Waals surface area contributed by atoms with E-state index < -0.39 is 36.3 Å². The lowest BCUT2D eigenvalue weighted by Gasteiger charge is -2.26. The van der Waals surface area contributed by atoms with Gasteiger partial charge in [0.25, 0.3) is 5.72 Å². The van der Waals surface area contributed by atoms with Gasteiger partial charge in [-0.15, -0.1) is 0 Å². The highest BCUT2D eigenvalue weighted by molar-refractivity contribution is 5.25. The summed E-state index contributed by atoms with van der Waals surface area (Å²) in [5.41, 5.74) is 2.27. The topological polar surface area (TPSA) is 155 Å². The maximum atomic E-state index is 11.7. The van der Waals surface area contributed by atoms with Gasteiger partial charge in [-0.25, -0.2) is 4.79 Å². The Balaban J connectivity index is 2.56. The molecule has 19 heavy (non-hydrogen) atoms. The summed E-state index contributed by atoms with van der Waals surface area (Å²) in [6.07, 6.45) is -3.27. The second-order valence-electron chi connectivity index (χ2n) is 4.09. The van der Waals surface area contributed by atoms with Gasteiger partial charge in [0, 0.05) is 6.20 Å². The molecule has 1 aromatic rings. The van der Waals surface area contributed by atoms with Crippen molar-refractivity contribution in [1.29, 1.82) is 5.26 Å². The molecule has 0 aromatic carbocycles. The van der Waals surface area contributed by atoms with Crippen LogP contribution in [-0.4, -0.2) is 49.8 Å². The summed E-state index contributed by atoms with van der Waals surface area (Å²) in [5.74, 6) is -0.0546. The molecule has 102 valence electrons. The fourth-order valence-corrected chi connectivity index (χ4v) is 1.96. The van der Waals surface area contributed by atoms with Crippen molar-refractivity contribution < 1.29 is 20.1 Å². The highest BCUT2D eigenvalue weighted by Crippen LogP contribution is 2.34. The van der Waals surface area contributed by atoms with E-state index in [1.54, 1.807) is 6.07 Å². The molecule has 1 aliphatic rings. The first-order valence-corrected chi connectivity index (χ1v) is 5.38. The first-order valence-electron chi connectivity index (χ1n) is 5.38. The van der Waals surface area contributed by atoms with Crippen LogP contribution in [0.5, 0.6) is 0 Å². The van der Waals surface area contributed by atoms with E-state index >= 15 is 0 Å². The van der Waals surface area contributed by atoms with Crippen LogP contribution in [0.15, 0.2) is 17.1 Å². The summed E-state index contributed by atoms with van der Waals surface area (Å²) in [6, 6.07) is 2.88. The van der Waals surface area contributed by atoms with Crippen molar-refractivity contribution in [3.8, 4) is 6.07 Å². The third-order valence-corrected chi connectivity index (χ3v) is 2.96. The number of hydrogen-bond acceptors (Lipinski definition) is 8. The van der Waals surface area contributed by atoms with Gasteiger partial charge in [-0.2, -0.15) is 10.2 Å². The Labute approximate surface area is 107 Å². The van der Waals surface area contributed by atoms with Gasteiger partial charge in [0.15, 0.2) is 0 Å². The number of nitrogens with two attached hydrogens (primary N) is 1. The van der Waals surface area contributed by atoms with Crippen LogP contribution in [-0.2, 0) is 10.5 Å². The first-order chi connectivity index (χ1) is 8.96. The van der Waals surface area contributed by atoms with Gasteiger partial charge in [0.05, 0.1) is 6.61 Å². The molecule has 0 saturated carbocycles. The minimum absolute atomic E-state index is 0.0546. The van der Waals surface area contributed by atoms with Crippen LogP contribution in [0.4, 0.5) is 5.82 Å². The van der Waals surface area contributed by atoms with Crippen LogP contribution in [0.1, 0.15) is 0 Å². The van der Waals surface area contributed by atoms with Crippen molar-refractivity contribution >= 4 is 5.82 Å². The summed E-state index contributed by atoms with van der Waals surface area (Å²) >= 11 is 0. The van der Waals surface area contributed by atoms with Crippen LogP contribution in [0.25, 0.3) is 0 Å². The molecule has 1 saturated heterocycles. The number of ether oxygens (including phenoxy) is 1. The van der Waals surface area contributed by atoms with Gasteiger partial charge in [-0.3, -0.25) is 4.57 Å². The van der Waals surface area contributed by atoms with Crippen LogP contribution < -0.4 is 11.4 Å². The smallest absolute Gasteiger partial charge is 0.352 e. The van der Waals surface area contributed by atoms with E-state index in [2.05, 4.69) is 4.98 Å². The van der Waals surface area contributed by atoms with E-state index in [4.69, 9.17) is 15.6 Å². The van der Waals surface area contributed by atoms with Crippen LogP contribution in [0.2, 0.25) is 0 Å². The molecule has 0 aliphatic carbocycles. The standard InChI is InChI=1S/C10H12N4O5/c11-4-10(8(17)7(16)5(3-15)19-10)14-2-1-6(12)13-9(14)18/h1-2,5,7-8,15-17H,3H2,(H2,12,13,18)/t5?,7?,8?,10-/m1/s1. The zero-order valence-corrected chi connectivity index (χ0v) is 9.67. The first kappa shape index (κ1) is 13.4. The van der Waals surface area contributed by atoms with E-state index in [1.807, 2.05) is 0 Å². The summed E-state index contributed by atoms with van der Waals surface area (Å²) in [6.45, 7) is -0.612. The van der Waals surface area contributed by atoms with Crippen molar-refractivity contribution in [3.63, 3.8) is 0 Å². The number of aliphatic hydroxyl groups is 3. The molecule has 0 amide bonds. The third kappa shape index (κ3) is 1.87. The molecule has 0 spiro atoms. The summed E-state index contributed by atoms with van der Waals surface area (Å²) in [4.78, 5) is 15.1. The largest absolute Gasteiger partial charge is 0.394 e. The average Bonchev–Trinajstić information content (AvgIpc) is 2.64. The van der Waals surface area contributed by atoms with Gasteiger partial charge >= 0.3 is 5.69 Å². The number of aromatic nitrogens is 2. The number of rotatable bonds is 2. The Morgan fingerprint density at radius 2 is 2.32 bits per heavy atom. The highest BCUT2D eigenvalue weighted by Gasteiger charge is 2.56. The van der Waals surface area contributed by atoms with Crippen molar-refractivity contribution in [2.45, 2.75) is 24.0 Å². The fourth-order valence-electron chi connectivity index (χ4n) is 1.96. The summed E-state index contributed by atoms with van der Waals surface area (Å²) in [7, 11) is 0. The number of nitriles is 1. The van der Waals surface area contributed by atoms with Crippen molar-refractivity contribution in [3.05, 3.63) is 22.7 Å². The molecule has 1 fully saturated rings. The van der Waals surface area contributed by atoms with E-state index in [9.17, 15) is 20.3 Å². The number of hydrogen-bond donors (Lipinski definition) is 4. The molecule has 3 unspecified atom stereocenters. The molecule has 9 nitrogen and oxygen atoms in total. The number of anilines is 1. The number of aliphatic hydroxyl groups excluding tert-OH is 3. The van der Waals surface area contributed by atoms with E-state index in [-0.39, 0.29) is 5.82 Å².